The smallest absolute Gasteiger partial charge is 0.249 e. The fourth-order valence-corrected chi connectivity index (χ4v) is 2.59. The van der Waals surface area contributed by atoms with E-state index in [2.05, 4.69) is 57.9 Å². The van der Waals surface area contributed by atoms with E-state index in [0.717, 1.165) is 16.9 Å². The maximum Gasteiger partial charge on any atom is 0.249 e. The molecule has 0 fully saturated rings. The van der Waals surface area contributed by atoms with Crippen molar-refractivity contribution in [2.24, 2.45) is 0 Å². The van der Waals surface area contributed by atoms with Gasteiger partial charge in [0.2, 0.25) is 5.95 Å². The van der Waals surface area contributed by atoms with Gasteiger partial charge >= 0.3 is 0 Å². The van der Waals surface area contributed by atoms with E-state index in [0.29, 0.717) is 16.8 Å². The lowest BCUT2D eigenvalue weighted by molar-refractivity contribution is 0.982. The molecule has 0 aliphatic carbocycles. The number of rotatable bonds is 4. The first-order chi connectivity index (χ1) is 11.5. The fraction of sp³-hybridized carbons (Fsp3) is 0.167. The van der Waals surface area contributed by atoms with E-state index >= 15 is 0 Å². The van der Waals surface area contributed by atoms with E-state index in [1.807, 2.05) is 25.1 Å². The van der Waals surface area contributed by atoms with E-state index in [1.165, 1.54) is 11.1 Å². The molecule has 0 aliphatic heterocycles. The minimum atomic E-state index is 0.407. The molecule has 2 N–H and O–H groups in total. The van der Waals surface area contributed by atoms with Crippen molar-refractivity contribution in [2.75, 3.05) is 10.6 Å². The van der Waals surface area contributed by atoms with Crippen LogP contribution in [0.25, 0.3) is 0 Å². The topological polar surface area (TPSA) is 62.7 Å². The van der Waals surface area contributed by atoms with Crippen molar-refractivity contribution in [3.05, 3.63) is 64.3 Å². The molecule has 0 unspecified atom stereocenters. The quantitative estimate of drug-likeness (QED) is 0.705. The third-order valence-electron chi connectivity index (χ3n) is 3.48. The Morgan fingerprint density at radius 2 is 1.62 bits per heavy atom. The van der Waals surface area contributed by atoms with Gasteiger partial charge in [-0.15, -0.1) is 5.10 Å². The number of nitrogens with zero attached hydrogens (tertiary/aromatic N) is 3. The molecule has 24 heavy (non-hydrogen) atoms. The van der Waals surface area contributed by atoms with Crippen LogP contribution >= 0.6 is 11.6 Å². The number of anilines is 4. The highest BCUT2D eigenvalue weighted by atomic mass is 35.5. The van der Waals surface area contributed by atoms with Gasteiger partial charge in [0.05, 0.1) is 6.20 Å². The van der Waals surface area contributed by atoms with Crippen LogP contribution in [-0.4, -0.2) is 15.2 Å². The normalized spacial score (nSPS) is 10.5. The third kappa shape index (κ3) is 4.00. The summed E-state index contributed by atoms with van der Waals surface area (Å²) in [6, 6.07) is 11.9. The summed E-state index contributed by atoms with van der Waals surface area (Å²) >= 11 is 6.14. The lowest BCUT2D eigenvalue weighted by atomic mass is 10.1. The molecule has 0 bridgehead atoms. The second kappa shape index (κ2) is 6.84. The molecule has 0 atom stereocenters. The van der Waals surface area contributed by atoms with Crippen LogP contribution in [0.2, 0.25) is 5.02 Å². The van der Waals surface area contributed by atoms with Crippen molar-refractivity contribution < 1.29 is 0 Å². The van der Waals surface area contributed by atoms with E-state index < -0.39 is 0 Å². The van der Waals surface area contributed by atoms with Crippen molar-refractivity contribution in [3.8, 4) is 0 Å². The minimum Gasteiger partial charge on any atom is -0.339 e. The Bertz CT molecular complexity index is 859. The summed E-state index contributed by atoms with van der Waals surface area (Å²) in [6.07, 6.45) is 1.59. The number of halogens is 1. The summed E-state index contributed by atoms with van der Waals surface area (Å²) in [6.45, 7) is 6.08. The van der Waals surface area contributed by atoms with Crippen molar-refractivity contribution in [2.45, 2.75) is 20.8 Å². The summed E-state index contributed by atoms with van der Waals surface area (Å²) in [5.74, 6) is 1.03. The van der Waals surface area contributed by atoms with Crippen LogP contribution in [0.5, 0.6) is 0 Å². The summed E-state index contributed by atoms with van der Waals surface area (Å²) in [7, 11) is 0. The second-order valence-electron chi connectivity index (χ2n) is 5.76. The summed E-state index contributed by atoms with van der Waals surface area (Å²) in [5.41, 5.74) is 5.18. The molecule has 0 aliphatic rings. The van der Waals surface area contributed by atoms with Crippen molar-refractivity contribution >= 4 is 34.7 Å². The van der Waals surface area contributed by atoms with E-state index in [-0.39, 0.29) is 0 Å². The average Bonchev–Trinajstić information content (AvgIpc) is 2.50. The first-order valence-corrected chi connectivity index (χ1v) is 7.95. The molecule has 0 saturated heterocycles. The van der Waals surface area contributed by atoms with Gasteiger partial charge in [0.15, 0.2) is 5.82 Å². The number of hydrogen-bond acceptors (Lipinski definition) is 5. The van der Waals surface area contributed by atoms with Gasteiger partial charge < -0.3 is 10.6 Å². The zero-order chi connectivity index (χ0) is 17.1. The van der Waals surface area contributed by atoms with Crippen LogP contribution < -0.4 is 10.6 Å². The highest BCUT2D eigenvalue weighted by Crippen LogP contribution is 2.23. The molecule has 6 heteroatoms. The molecule has 5 nitrogen and oxygen atoms in total. The van der Waals surface area contributed by atoms with Gasteiger partial charge in [-0.25, -0.2) is 0 Å². The van der Waals surface area contributed by atoms with Crippen LogP contribution in [-0.2, 0) is 0 Å². The van der Waals surface area contributed by atoms with Crippen molar-refractivity contribution in [3.63, 3.8) is 0 Å². The Morgan fingerprint density at radius 3 is 2.33 bits per heavy atom. The molecular weight excluding hydrogens is 322 g/mol. The number of aryl methyl sites for hydroxylation is 3. The third-order valence-corrected chi connectivity index (χ3v) is 3.89. The molecule has 1 heterocycles. The lowest BCUT2D eigenvalue weighted by Crippen LogP contribution is -2.02. The Kier molecular flexibility index (Phi) is 4.62. The summed E-state index contributed by atoms with van der Waals surface area (Å²) in [4.78, 5) is 4.44. The van der Waals surface area contributed by atoms with Crippen molar-refractivity contribution in [1.82, 2.24) is 15.2 Å². The molecule has 0 spiro atoms. The molecule has 3 aromatic rings. The highest BCUT2D eigenvalue weighted by molar-refractivity contribution is 6.31. The molecule has 3 rings (SSSR count). The molecule has 0 saturated carbocycles. The van der Waals surface area contributed by atoms with Crippen molar-refractivity contribution in [1.29, 1.82) is 0 Å². The first-order valence-electron chi connectivity index (χ1n) is 7.58. The number of hydrogen-bond donors (Lipinski definition) is 2. The standard InChI is InChI=1S/C18H18ClN5/c1-11-6-12(2)8-15(7-11)21-17-10-20-24-18(23-17)22-14-5-4-13(3)16(19)9-14/h4-10H,1-3H3,(H2,21,22,23,24). The van der Waals surface area contributed by atoms with Crippen LogP contribution in [0.3, 0.4) is 0 Å². The monoisotopic (exact) mass is 339 g/mol. The van der Waals surface area contributed by atoms with Gasteiger partial charge in [0.25, 0.3) is 0 Å². The van der Waals surface area contributed by atoms with Gasteiger partial charge in [0.1, 0.15) is 0 Å². The maximum absolute atomic E-state index is 6.14. The second-order valence-corrected chi connectivity index (χ2v) is 6.16. The Balaban J connectivity index is 1.79. The largest absolute Gasteiger partial charge is 0.339 e. The summed E-state index contributed by atoms with van der Waals surface area (Å²) in [5, 5.41) is 15.1. The summed E-state index contributed by atoms with van der Waals surface area (Å²) < 4.78 is 0. The molecule has 2 aromatic carbocycles. The number of aromatic nitrogens is 3. The molecule has 122 valence electrons. The Hall–Kier alpha value is -2.66. The molecule has 0 radical (unpaired) electrons. The zero-order valence-corrected chi connectivity index (χ0v) is 14.5. The van der Waals surface area contributed by atoms with Crippen LogP contribution in [0, 0.1) is 20.8 Å². The van der Waals surface area contributed by atoms with E-state index in [9.17, 15) is 0 Å². The molecule has 1 aromatic heterocycles. The predicted molar refractivity (Wildman–Crippen MR) is 98.5 cm³/mol. The minimum absolute atomic E-state index is 0.407. The lowest BCUT2D eigenvalue weighted by Gasteiger charge is -2.09. The Morgan fingerprint density at radius 1 is 0.875 bits per heavy atom. The first kappa shape index (κ1) is 16.2. The predicted octanol–water partition coefficient (Wildman–Crippen LogP) is 4.94. The van der Waals surface area contributed by atoms with Gasteiger partial charge in [-0.1, -0.05) is 23.7 Å². The van der Waals surface area contributed by atoms with Gasteiger partial charge in [0, 0.05) is 16.4 Å². The number of benzene rings is 2. The zero-order valence-electron chi connectivity index (χ0n) is 13.8. The fourth-order valence-electron chi connectivity index (χ4n) is 2.41. The highest BCUT2D eigenvalue weighted by Gasteiger charge is 2.04. The van der Waals surface area contributed by atoms with E-state index in [1.54, 1.807) is 6.20 Å². The van der Waals surface area contributed by atoms with Gasteiger partial charge in [-0.05, 0) is 61.7 Å². The van der Waals surface area contributed by atoms with Gasteiger partial charge in [-0.2, -0.15) is 10.1 Å². The van der Waals surface area contributed by atoms with E-state index in [4.69, 9.17) is 11.6 Å². The molecular formula is C18H18ClN5. The molecule has 0 amide bonds. The average molecular weight is 340 g/mol. The van der Waals surface area contributed by atoms with Crippen LogP contribution in [0.4, 0.5) is 23.1 Å². The SMILES string of the molecule is Cc1cc(C)cc(Nc2cnnc(Nc3ccc(C)c(Cl)c3)n2)c1. The maximum atomic E-state index is 6.14. The van der Waals surface area contributed by atoms with Crippen LogP contribution in [0.15, 0.2) is 42.6 Å². The van der Waals surface area contributed by atoms with Crippen LogP contribution in [0.1, 0.15) is 16.7 Å². The number of nitrogens with one attached hydrogen (secondary N) is 2. The Labute approximate surface area is 146 Å². The van der Waals surface area contributed by atoms with Gasteiger partial charge in [-0.3, -0.25) is 0 Å².